The zero-order valence-electron chi connectivity index (χ0n) is 7.17. The molecule has 0 saturated carbocycles. The van der Waals surface area contributed by atoms with Gasteiger partial charge in [-0.2, -0.15) is 5.10 Å². The molecule has 0 fully saturated rings. The lowest BCUT2D eigenvalue weighted by Crippen LogP contribution is -2.12. The van der Waals surface area contributed by atoms with E-state index < -0.39 is 0 Å². The second kappa shape index (κ2) is 5.04. The van der Waals surface area contributed by atoms with Crippen molar-refractivity contribution in [2.24, 2.45) is 5.73 Å². The molecule has 1 aromatic rings. The third-order valence-corrected chi connectivity index (χ3v) is 3.20. The third-order valence-electron chi connectivity index (χ3n) is 1.63. The Balaban J connectivity index is 0.00000121. The molecule has 0 saturated heterocycles. The Kier molecular flexibility index (Phi) is 5.12. The molecular formula is C7H13ClIN3. The first-order valence-corrected chi connectivity index (χ1v) is 4.64. The van der Waals surface area contributed by atoms with Crippen molar-refractivity contribution in [3.05, 3.63) is 15.0 Å². The minimum absolute atomic E-state index is 0. The van der Waals surface area contributed by atoms with Gasteiger partial charge in [0.25, 0.3) is 0 Å². The number of aromatic nitrogens is 2. The first-order valence-electron chi connectivity index (χ1n) is 3.56. The fraction of sp³-hybridized carbons (Fsp3) is 0.571. The Hall–Kier alpha value is 0.190. The van der Waals surface area contributed by atoms with E-state index in [1.54, 1.807) is 0 Å². The van der Waals surface area contributed by atoms with E-state index >= 15 is 0 Å². The molecule has 0 aromatic carbocycles. The molecule has 3 nitrogen and oxygen atoms in total. The van der Waals surface area contributed by atoms with Crippen LogP contribution in [0.25, 0.3) is 0 Å². The summed E-state index contributed by atoms with van der Waals surface area (Å²) in [5.41, 5.74) is 7.74. The highest BCUT2D eigenvalue weighted by Crippen LogP contribution is 2.14. The summed E-state index contributed by atoms with van der Waals surface area (Å²) < 4.78 is 3.20. The standard InChI is InChI=1S/C7H12IN3.ClH/c1-5-7(8)6(2)11(10-5)4-3-9;/h3-4,9H2,1-2H3;1H. The number of rotatable bonds is 2. The quantitative estimate of drug-likeness (QED) is 0.841. The van der Waals surface area contributed by atoms with Crippen LogP contribution in [-0.2, 0) is 6.54 Å². The van der Waals surface area contributed by atoms with Gasteiger partial charge in [0.15, 0.2) is 0 Å². The van der Waals surface area contributed by atoms with Crippen LogP contribution in [0.2, 0.25) is 0 Å². The fourth-order valence-corrected chi connectivity index (χ4v) is 1.40. The summed E-state index contributed by atoms with van der Waals surface area (Å²) in [5, 5.41) is 4.33. The molecule has 0 spiro atoms. The van der Waals surface area contributed by atoms with Gasteiger partial charge in [0.1, 0.15) is 0 Å². The molecule has 0 bridgehead atoms. The van der Waals surface area contributed by atoms with Crippen molar-refractivity contribution in [3.63, 3.8) is 0 Å². The van der Waals surface area contributed by atoms with Crippen LogP contribution in [0.15, 0.2) is 0 Å². The van der Waals surface area contributed by atoms with Crippen LogP contribution >= 0.6 is 35.0 Å². The van der Waals surface area contributed by atoms with Crippen molar-refractivity contribution in [2.75, 3.05) is 6.54 Å². The number of halogens is 2. The van der Waals surface area contributed by atoms with Crippen molar-refractivity contribution in [1.29, 1.82) is 0 Å². The van der Waals surface area contributed by atoms with Crippen LogP contribution in [0.1, 0.15) is 11.4 Å². The van der Waals surface area contributed by atoms with Crippen molar-refractivity contribution in [2.45, 2.75) is 20.4 Å². The zero-order chi connectivity index (χ0) is 8.43. The van der Waals surface area contributed by atoms with Crippen LogP contribution in [-0.4, -0.2) is 16.3 Å². The molecule has 2 N–H and O–H groups in total. The fourth-order valence-electron chi connectivity index (χ4n) is 1.02. The molecule has 0 aliphatic rings. The topological polar surface area (TPSA) is 43.8 Å². The highest BCUT2D eigenvalue weighted by atomic mass is 127. The van der Waals surface area contributed by atoms with Gasteiger partial charge in [-0.1, -0.05) is 0 Å². The van der Waals surface area contributed by atoms with Crippen molar-refractivity contribution >= 4 is 35.0 Å². The Morgan fingerprint density at radius 3 is 2.42 bits per heavy atom. The van der Waals surface area contributed by atoms with Crippen molar-refractivity contribution in [1.82, 2.24) is 9.78 Å². The molecule has 70 valence electrons. The van der Waals surface area contributed by atoms with Gasteiger partial charge >= 0.3 is 0 Å². The summed E-state index contributed by atoms with van der Waals surface area (Å²) >= 11 is 2.31. The van der Waals surface area contributed by atoms with E-state index in [-0.39, 0.29) is 12.4 Å². The minimum atomic E-state index is 0. The Labute approximate surface area is 92.3 Å². The van der Waals surface area contributed by atoms with Gasteiger partial charge in [0.2, 0.25) is 0 Å². The molecule has 12 heavy (non-hydrogen) atoms. The van der Waals surface area contributed by atoms with Crippen LogP contribution in [0.3, 0.4) is 0 Å². The lowest BCUT2D eigenvalue weighted by Gasteiger charge is -1.99. The predicted octanol–water partition coefficient (Wildman–Crippen LogP) is 1.49. The maximum absolute atomic E-state index is 5.43. The summed E-state index contributed by atoms with van der Waals surface area (Å²) in [4.78, 5) is 0. The summed E-state index contributed by atoms with van der Waals surface area (Å²) in [6, 6.07) is 0. The summed E-state index contributed by atoms with van der Waals surface area (Å²) in [6.07, 6.45) is 0. The highest BCUT2D eigenvalue weighted by Gasteiger charge is 2.06. The summed E-state index contributed by atoms with van der Waals surface area (Å²) in [7, 11) is 0. The van der Waals surface area contributed by atoms with Crippen LogP contribution < -0.4 is 5.73 Å². The van der Waals surface area contributed by atoms with Gasteiger partial charge in [-0.15, -0.1) is 12.4 Å². The molecule has 0 unspecified atom stereocenters. The highest BCUT2D eigenvalue weighted by molar-refractivity contribution is 14.1. The summed E-state index contributed by atoms with van der Waals surface area (Å²) in [5.74, 6) is 0. The smallest absolute Gasteiger partial charge is 0.0729 e. The monoisotopic (exact) mass is 301 g/mol. The average Bonchev–Trinajstić information content (AvgIpc) is 2.19. The van der Waals surface area contributed by atoms with Gasteiger partial charge in [0, 0.05) is 12.2 Å². The number of hydrogen-bond donors (Lipinski definition) is 1. The van der Waals surface area contributed by atoms with Gasteiger partial charge in [-0.25, -0.2) is 0 Å². The first-order chi connectivity index (χ1) is 5.16. The van der Waals surface area contributed by atoms with Gasteiger partial charge in [0.05, 0.1) is 15.8 Å². The number of nitrogens with zero attached hydrogens (tertiary/aromatic N) is 2. The molecule has 1 rings (SSSR count). The molecule has 0 aliphatic carbocycles. The third kappa shape index (κ3) is 2.34. The molecule has 1 aromatic heterocycles. The number of hydrogen-bond acceptors (Lipinski definition) is 2. The first kappa shape index (κ1) is 12.2. The average molecular weight is 302 g/mol. The second-order valence-electron chi connectivity index (χ2n) is 2.50. The van der Waals surface area contributed by atoms with E-state index in [0.29, 0.717) is 6.54 Å². The van der Waals surface area contributed by atoms with E-state index in [1.165, 1.54) is 9.26 Å². The Morgan fingerprint density at radius 2 is 2.08 bits per heavy atom. The normalized spacial score (nSPS) is 9.67. The predicted molar refractivity (Wildman–Crippen MR) is 60.7 cm³/mol. The Bertz CT molecular complexity index is 259. The van der Waals surface area contributed by atoms with Crippen molar-refractivity contribution < 1.29 is 0 Å². The minimum Gasteiger partial charge on any atom is -0.329 e. The number of nitrogens with two attached hydrogens (primary N) is 1. The van der Waals surface area contributed by atoms with E-state index in [9.17, 15) is 0 Å². The number of aryl methyl sites for hydroxylation is 1. The zero-order valence-corrected chi connectivity index (χ0v) is 10.1. The Morgan fingerprint density at radius 1 is 1.50 bits per heavy atom. The summed E-state index contributed by atoms with van der Waals surface area (Å²) in [6.45, 7) is 5.55. The van der Waals surface area contributed by atoms with E-state index in [1.807, 2.05) is 11.6 Å². The maximum atomic E-state index is 5.43. The lowest BCUT2D eigenvalue weighted by molar-refractivity contribution is 0.603. The lowest BCUT2D eigenvalue weighted by atomic mass is 10.4. The molecule has 0 atom stereocenters. The van der Waals surface area contributed by atoms with E-state index in [2.05, 4.69) is 34.6 Å². The largest absolute Gasteiger partial charge is 0.329 e. The van der Waals surface area contributed by atoms with Crippen molar-refractivity contribution in [3.8, 4) is 0 Å². The van der Waals surface area contributed by atoms with Crippen LogP contribution in [0, 0.1) is 17.4 Å². The van der Waals surface area contributed by atoms with Gasteiger partial charge in [-0.3, -0.25) is 4.68 Å². The van der Waals surface area contributed by atoms with Crippen LogP contribution in [0.5, 0.6) is 0 Å². The van der Waals surface area contributed by atoms with Gasteiger partial charge < -0.3 is 5.73 Å². The molecule has 0 aliphatic heterocycles. The molecule has 1 heterocycles. The molecule has 0 radical (unpaired) electrons. The molecular weight excluding hydrogens is 288 g/mol. The maximum Gasteiger partial charge on any atom is 0.0729 e. The van der Waals surface area contributed by atoms with Crippen LogP contribution in [0.4, 0.5) is 0 Å². The molecule has 0 amide bonds. The second-order valence-corrected chi connectivity index (χ2v) is 3.58. The molecule has 5 heteroatoms. The SMILES string of the molecule is Cc1nn(CCN)c(C)c1I.Cl. The van der Waals surface area contributed by atoms with E-state index in [4.69, 9.17) is 5.73 Å². The van der Waals surface area contributed by atoms with E-state index in [0.717, 1.165) is 12.2 Å². The van der Waals surface area contributed by atoms with Gasteiger partial charge in [-0.05, 0) is 36.4 Å².